The summed E-state index contributed by atoms with van der Waals surface area (Å²) < 4.78 is 10.4. The third kappa shape index (κ3) is 3.32. The van der Waals surface area contributed by atoms with Crippen molar-refractivity contribution in [3.63, 3.8) is 0 Å². The van der Waals surface area contributed by atoms with Crippen LogP contribution in [0, 0.1) is 24.0 Å². The Balaban J connectivity index is 1.93. The Kier molecular flexibility index (Phi) is 4.53. The number of benzene rings is 2. The summed E-state index contributed by atoms with van der Waals surface area (Å²) in [5, 5.41) is 11.7. The Labute approximate surface area is 148 Å². The predicted molar refractivity (Wildman–Crippen MR) is 94.2 cm³/mol. The topological polar surface area (TPSA) is 99.7 Å². The van der Waals surface area contributed by atoms with Crippen molar-refractivity contribution in [3.8, 4) is 0 Å². The number of esters is 1. The van der Waals surface area contributed by atoms with Crippen LogP contribution in [0.1, 0.15) is 27.0 Å². The lowest BCUT2D eigenvalue weighted by Crippen LogP contribution is -2.10. The molecule has 0 fully saturated rings. The second-order valence-corrected chi connectivity index (χ2v) is 5.87. The molecular weight excluding hydrogens is 338 g/mol. The van der Waals surface area contributed by atoms with Crippen LogP contribution in [0.4, 0.5) is 5.69 Å². The second-order valence-electron chi connectivity index (χ2n) is 5.87. The zero-order valence-corrected chi connectivity index (χ0v) is 14.1. The van der Waals surface area contributed by atoms with Gasteiger partial charge >= 0.3 is 11.6 Å². The summed E-state index contributed by atoms with van der Waals surface area (Å²) in [4.78, 5) is 34.4. The number of nitrogens with zero attached hydrogens (tertiary/aromatic N) is 1. The number of hydrogen-bond acceptors (Lipinski definition) is 6. The average Bonchev–Trinajstić information content (AvgIpc) is 2.60. The molecule has 26 heavy (non-hydrogen) atoms. The van der Waals surface area contributed by atoms with Crippen molar-refractivity contribution in [2.45, 2.75) is 20.5 Å². The Morgan fingerprint density at radius 3 is 2.58 bits per heavy atom. The van der Waals surface area contributed by atoms with Crippen LogP contribution in [0.5, 0.6) is 0 Å². The molecule has 0 saturated heterocycles. The number of carbonyl (C=O) groups excluding carboxylic acids is 1. The van der Waals surface area contributed by atoms with Crippen LogP contribution < -0.4 is 5.63 Å². The van der Waals surface area contributed by atoms with E-state index in [0.29, 0.717) is 16.5 Å². The molecule has 0 unspecified atom stereocenters. The van der Waals surface area contributed by atoms with Gasteiger partial charge in [-0.1, -0.05) is 12.1 Å². The quantitative estimate of drug-likeness (QED) is 0.307. The van der Waals surface area contributed by atoms with Gasteiger partial charge in [0, 0.05) is 23.1 Å². The van der Waals surface area contributed by atoms with Crippen LogP contribution in [0.3, 0.4) is 0 Å². The van der Waals surface area contributed by atoms with E-state index < -0.39 is 16.5 Å². The van der Waals surface area contributed by atoms with Crippen molar-refractivity contribution in [2.75, 3.05) is 0 Å². The maximum atomic E-state index is 12.3. The molecular formula is C19H15NO6. The number of carbonyl (C=O) groups is 1. The van der Waals surface area contributed by atoms with E-state index in [1.54, 1.807) is 6.07 Å². The fraction of sp³-hybridized carbons (Fsp3) is 0.158. The minimum absolute atomic E-state index is 0.142. The maximum Gasteiger partial charge on any atom is 0.345 e. The molecule has 7 nitrogen and oxygen atoms in total. The van der Waals surface area contributed by atoms with Gasteiger partial charge in [0.15, 0.2) is 0 Å². The van der Waals surface area contributed by atoms with Crippen molar-refractivity contribution in [3.05, 3.63) is 85.3 Å². The highest BCUT2D eigenvalue weighted by Crippen LogP contribution is 2.23. The highest BCUT2D eigenvalue weighted by molar-refractivity contribution is 5.94. The molecule has 132 valence electrons. The van der Waals surface area contributed by atoms with Gasteiger partial charge < -0.3 is 9.15 Å². The van der Waals surface area contributed by atoms with Gasteiger partial charge in [0.2, 0.25) is 0 Å². The Hall–Kier alpha value is -3.48. The summed E-state index contributed by atoms with van der Waals surface area (Å²) in [5.74, 6) is -0.831. The van der Waals surface area contributed by atoms with E-state index in [1.165, 1.54) is 30.3 Å². The summed E-state index contributed by atoms with van der Waals surface area (Å²) in [7, 11) is 0. The Bertz CT molecular complexity index is 1080. The number of rotatable bonds is 4. The summed E-state index contributed by atoms with van der Waals surface area (Å²) in [5.41, 5.74) is 1.81. The van der Waals surface area contributed by atoms with Gasteiger partial charge in [-0.05, 0) is 43.2 Å². The first-order valence-corrected chi connectivity index (χ1v) is 7.81. The van der Waals surface area contributed by atoms with E-state index in [-0.39, 0.29) is 17.9 Å². The largest absolute Gasteiger partial charge is 0.457 e. The lowest BCUT2D eigenvalue weighted by atomic mass is 10.0. The summed E-state index contributed by atoms with van der Waals surface area (Å²) in [6, 6.07) is 10.4. The first-order chi connectivity index (χ1) is 12.4. The fourth-order valence-corrected chi connectivity index (χ4v) is 2.63. The highest BCUT2D eigenvalue weighted by atomic mass is 16.6. The van der Waals surface area contributed by atoms with Gasteiger partial charge in [-0.3, -0.25) is 10.1 Å². The molecule has 0 aliphatic rings. The van der Waals surface area contributed by atoms with Gasteiger partial charge in [-0.15, -0.1) is 0 Å². The molecule has 0 amide bonds. The molecule has 0 spiro atoms. The monoisotopic (exact) mass is 353 g/mol. The van der Waals surface area contributed by atoms with Crippen LogP contribution in [0.2, 0.25) is 0 Å². The Morgan fingerprint density at radius 2 is 1.85 bits per heavy atom. The molecule has 0 aliphatic carbocycles. The molecule has 1 heterocycles. The lowest BCUT2D eigenvalue weighted by Gasteiger charge is -2.09. The molecule has 0 radical (unpaired) electrons. The van der Waals surface area contributed by atoms with Crippen LogP contribution in [0.15, 0.2) is 51.7 Å². The zero-order valence-electron chi connectivity index (χ0n) is 14.1. The van der Waals surface area contributed by atoms with Gasteiger partial charge in [0.1, 0.15) is 17.8 Å². The van der Waals surface area contributed by atoms with Crippen LogP contribution in [-0.2, 0) is 11.3 Å². The highest BCUT2D eigenvalue weighted by Gasteiger charge is 2.21. The van der Waals surface area contributed by atoms with Crippen LogP contribution >= 0.6 is 0 Å². The smallest absolute Gasteiger partial charge is 0.345 e. The summed E-state index contributed by atoms with van der Waals surface area (Å²) in [6.45, 7) is 3.62. The van der Waals surface area contributed by atoms with Crippen LogP contribution in [-0.4, -0.2) is 10.9 Å². The number of ether oxygens (including phenoxy) is 1. The fourth-order valence-electron chi connectivity index (χ4n) is 2.63. The third-order valence-corrected chi connectivity index (χ3v) is 4.12. The number of aryl methyl sites for hydroxylation is 2. The third-order valence-electron chi connectivity index (χ3n) is 4.12. The predicted octanol–water partition coefficient (Wildman–Crippen LogP) is 3.68. The van der Waals surface area contributed by atoms with E-state index in [4.69, 9.17) is 9.15 Å². The normalized spacial score (nSPS) is 10.7. The summed E-state index contributed by atoms with van der Waals surface area (Å²) in [6.07, 6.45) is 0. The molecule has 3 rings (SSSR count). The van der Waals surface area contributed by atoms with Gasteiger partial charge in [-0.25, -0.2) is 9.59 Å². The SMILES string of the molecule is Cc1cc2oc(=O)cc(COC(=O)c3ccccc3[N+](=O)[O-])c2cc1C. The number of hydrogen-bond donors (Lipinski definition) is 0. The number of nitro groups is 1. The van der Waals surface area contributed by atoms with Gasteiger partial charge in [0.25, 0.3) is 5.69 Å². The zero-order chi connectivity index (χ0) is 18.8. The van der Waals surface area contributed by atoms with E-state index >= 15 is 0 Å². The molecule has 0 N–H and O–H groups in total. The molecule has 2 aromatic carbocycles. The summed E-state index contributed by atoms with van der Waals surface area (Å²) >= 11 is 0. The second kappa shape index (κ2) is 6.79. The van der Waals surface area contributed by atoms with Crippen molar-refractivity contribution in [1.82, 2.24) is 0 Å². The first-order valence-electron chi connectivity index (χ1n) is 7.81. The minimum atomic E-state index is -0.831. The molecule has 3 aromatic rings. The van der Waals surface area contributed by atoms with E-state index in [9.17, 15) is 19.7 Å². The lowest BCUT2D eigenvalue weighted by molar-refractivity contribution is -0.385. The number of nitro benzene ring substituents is 1. The maximum absolute atomic E-state index is 12.3. The van der Waals surface area contributed by atoms with E-state index in [0.717, 1.165) is 11.1 Å². The molecule has 1 aromatic heterocycles. The molecule has 0 aliphatic heterocycles. The van der Waals surface area contributed by atoms with Crippen molar-refractivity contribution >= 4 is 22.6 Å². The molecule has 0 bridgehead atoms. The van der Waals surface area contributed by atoms with E-state index in [2.05, 4.69) is 0 Å². The van der Waals surface area contributed by atoms with Crippen molar-refractivity contribution in [2.24, 2.45) is 0 Å². The average molecular weight is 353 g/mol. The number of para-hydroxylation sites is 1. The van der Waals surface area contributed by atoms with Crippen LogP contribution in [0.25, 0.3) is 11.0 Å². The van der Waals surface area contributed by atoms with Crippen molar-refractivity contribution in [1.29, 1.82) is 0 Å². The molecule has 0 saturated carbocycles. The standard InChI is InChI=1S/C19H15NO6/c1-11-7-15-13(9-18(21)26-17(15)8-12(11)2)10-25-19(22)14-5-3-4-6-16(14)20(23)24/h3-9H,10H2,1-2H3. The van der Waals surface area contributed by atoms with E-state index in [1.807, 2.05) is 19.9 Å². The first kappa shape index (κ1) is 17.3. The molecule has 0 atom stereocenters. The minimum Gasteiger partial charge on any atom is -0.457 e. The van der Waals surface area contributed by atoms with Gasteiger partial charge in [-0.2, -0.15) is 0 Å². The number of fused-ring (bicyclic) bond motifs is 1. The Morgan fingerprint density at radius 1 is 1.15 bits per heavy atom. The van der Waals surface area contributed by atoms with Crippen molar-refractivity contribution < 1.29 is 18.9 Å². The van der Waals surface area contributed by atoms with Gasteiger partial charge in [0.05, 0.1) is 4.92 Å². The molecule has 7 heteroatoms.